The molecule has 2 rings (SSSR count). The van der Waals surface area contributed by atoms with Gasteiger partial charge >= 0.3 is 0 Å². The molecule has 0 bridgehead atoms. The molecule has 112 valence electrons. The van der Waals surface area contributed by atoms with Gasteiger partial charge < -0.3 is 11.2 Å². The minimum absolute atomic E-state index is 0.0886. The molecule has 1 heterocycles. The van der Waals surface area contributed by atoms with Gasteiger partial charge in [0.1, 0.15) is 5.82 Å². The van der Waals surface area contributed by atoms with E-state index in [1.165, 1.54) is 16.4 Å². The van der Waals surface area contributed by atoms with Crippen LogP contribution in [0.15, 0.2) is 23.4 Å². The Kier molecular flexibility index (Phi) is 4.52. The molecule has 1 atom stereocenters. The Bertz CT molecular complexity index is 667. The number of hydrogen-bond acceptors (Lipinski definition) is 5. The van der Waals surface area contributed by atoms with Crippen LogP contribution >= 0.6 is 11.8 Å². The summed E-state index contributed by atoms with van der Waals surface area (Å²) in [4.78, 5) is 12.3. The summed E-state index contributed by atoms with van der Waals surface area (Å²) < 4.78 is 1.38. The number of anilines is 1. The summed E-state index contributed by atoms with van der Waals surface area (Å²) in [7, 11) is 0. The molecule has 3 N–H and O–H groups in total. The normalized spacial score (nSPS) is 12.2. The Hall–Kier alpha value is -2.02. The highest BCUT2D eigenvalue weighted by molar-refractivity contribution is 8.00. The van der Waals surface area contributed by atoms with Crippen molar-refractivity contribution >= 4 is 23.4 Å². The summed E-state index contributed by atoms with van der Waals surface area (Å²) in [6.45, 7) is 7.58. The van der Waals surface area contributed by atoms with Gasteiger partial charge in [-0.3, -0.25) is 4.79 Å². The fourth-order valence-corrected chi connectivity index (χ4v) is 2.58. The van der Waals surface area contributed by atoms with Crippen LogP contribution in [0.5, 0.6) is 0 Å². The highest BCUT2D eigenvalue weighted by Gasteiger charge is 2.19. The Morgan fingerprint density at radius 3 is 2.67 bits per heavy atom. The van der Waals surface area contributed by atoms with Crippen molar-refractivity contribution in [3.05, 3.63) is 35.2 Å². The van der Waals surface area contributed by atoms with Crippen LogP contribution in [0.25, 0.3) is 0 Å². The molecular weight excluding hydrogens is 286 g/mol. The van der Waals surface area contributed by atoms with Gasteiger partial charge in [-0.05, 0) is 44.9 Å². The third-order valence-electron chi connectivity index (χ3n) is 3.35. The number of nitrogens with two attached hydrogens (primary N) is 1. The lowest BCUT2D eigenvalue weighted by Gasteiger charge is -2.14. The van der Waals surface area contributed by atoms with Gasteiger partial charge in [-0.1, -0.05) is 23.9 Å². The van der Waals surface area contributed by atoms with Gasteiger partial charge in [0.05, 0.1) is 5.25 Å². The molecule has 1 aromatic carbocycles. The number of nitrogen functional groups attached to an aromatic ring is 1. The first-order valence-electron chi connectivity index (χ1n) is 6.61. The van der Waals surface area contributed by atoms with E-state index >= 15 is 0 Å². The molecule has 0 saturated heterocycles. The van der Waals surface area contributed by atoms with E-state index in [2.05, 4.69) is 15.5 Å². The van der Waals surface area contributed by atoms with Crippen LogP contribution in [0.1, 0.15) is 23.9 Å². The second-order valence-electron chi connectivity index (χ2n) is 4.90. The van der Waals surface area contributed by atoms with Gasteiger partial charge in [-0.2, -0.15) is 0 Å². The Labute approximate surface area is 128 Å². The number of carbonyl (C=O) groups is 1. The predicted molar refractivity (Wildman–Crippen MR) is 84.8 cm³/mol. The number of benzene rings is 1. The van der Waals surface area contributed by atoms with Gasteiger partial charge in [-0.25, -0.2) is 4.68 Å². The summed E-state index contributed by atoms with van der Waals surface area (Å²) in [5.74, 6) is 6.31. The number of carbonyl (C=O) groups excluding carboxylic acids is 1. The smallest absolute Gasteiger partial charge is 0.237 e. The van der Waals surface area contributed by atoms with Gasteiger partial charge in [0, 0.05) is 5.69 Å². The van der Waals surface area contributed by atoms with Crippen LogP contribution < -0.4 is 11.2 Å². The fraction of sp³-hybridized carbons (Fsp3) is 0.357. The van der Waals surface area contributed by atoms with E-state index in [0.717, 1.165) is 16.8 Å². The standard InChI is InChI=1S/C14H19N5OS/c1-8-6-5-7-12(9(8)2)16-13(20)10(3)21-14-18-17-11(4)19(14)15/h5-7,10H,15H2,1-4H3,(H,16,20)/t10-/m1/s1. The van der Waals surface area contributed by atoms with Crippen LogP contribution in [0, 0.1) is 20.8 Å². The SMILES string of the molecule is Cc1cccc(NC(=O)[C@@H](C)Sc2nnc(C)n2N)c1C. The van der Waals surface area contributed by atoms with Crippen LogP contribution in [0.2, 0.25) is 0 Å². The van der Waals surface area contributed by atoms with E-state index in [1.54, 1.807) is 6.92 Å². The van der Waals surface area contributed by atoms with E-state index in [-0.39, 0.29) is 11.2 Å². The number of rotatable bonds is 4. The van der Waals surface area contributed by atoms with Crippen molar-refractivity contribution in [1.82, 2.24) is 14.9 Å². The first-order chi connectivity index (χ1) is 9.90. The largest absolute Gasteiger partial charge is 0.336 e. The van der Waals surface area contributed by atoms with E-state index in [1.807, 2.05) is 39.0 Å². The minimum Gasteiger partial charge on any atom is -0.336 e. The van der Waals surface area contributed by atoms with Crippen molar-refractivity contribution in [3.8, 4) is 0 Å². The second-order valence-corrected chi connectivity index (χ2v) is 6.20. The molecule has 0 aliphatic rings. The molecule has 0 aliphatic carbocycles. The zero-order chi connectivity index (χ0) is 15.6. The number of aromatic nitrogens is 3. The van der Waals surface area contributed by atoms with Crippen LogP contribution in [0.3, 0.4) is 0 Å². The summed E-state index contributed by atoms with van der Waals surface area (Å²) >= 11 is 1.28. The van der Waals surface area contributed by atoms with Crippen molar-refractivity contribution in [2.75, 3.05) is 11.2 Å². The molecule has 1 amide bonds. The Morgan fingerprint density at radius 1 is 1.33 bits per heavy atom. The maximum absolute atomic E-state index is 12.3. The molecule has 2 aromatic rings. The molecule has 0 radical (unpaired) electrons. The predicted octanol–water partition coefficient (Wildman–Crippen LogP) is 2.04. The minimum atomic E-state index is -0.323. The fourth-order valence-electron chi connectivity index (χ4n) is 1.76. The number of nitrogens with one attached hydrogen (secondary N) is 1. The number of aryl methyl sites for hydroxylation is 2. The lowest BCUT2D eigenvalue weighted by atomic mass is 10.1. The third kappa shape index (κ3) is 3.36. The highest BCUT2D eigenvalue weighted by Crippen LogP contribution is 2.23. The summed E-state index contributed by atoms with van der Waals surface area (Å²) in [6.07, 6.45) is 0. The van der Waals surface area contributed by atoms with E-state index in [0.29, 0.717) is 11.0 Å². The number of nitrogens with zero attached hydrogens (tertiary/aromatic N) is 3. The molecule has 7 heteroatoms. The van der Waals surface area contributed by atoms with Crippen LogP contribution in [0.4, 0.5) is 5.69 Å². The van der Waals surface area contributed by atoms with Gasteiger partial charge in [0.2, 0.25) is 11.1 Å². The Balaban J connectivity index is 2.06. The van der Waals surface area contributed by atoms with E-state index < -0.39 is 0 Å². The quantitative estimate of drug-likeness (QED) is 0.667. The molecule has 1 aromatic heterocycles. The molecular formula is C14H19N5OS. The van der Waals surface area contributed by atoms with Gasteiger partial charge in [0.25, 0.3) is 0 Å². The van der Waals surface area contributed by atoms with Crippen molar-refractivity contribution in [2.24, 2.45) is 0 Å². The lowest BCUT2D eigenvalue weighted by Crippen LogP contribution is -2.24. The summed E-state index contributed by atoms with van der Waals surface area (Å²) in [6, 6.07) is 5.84. The highest BCUT2D eigenvalue weighted by atomic mass is 32.2. The maximum atomic E-state index is 12.3. The average Bonchev–Trinajstić information content (AvgIpc) is 2.75. The number of amides is 1. The molecule has 0 saturated carbocycles. The zero-order valence-electron chi connectivity index (χ0n) is 12.5. The molecule has 0 spiro atoms. The van der Waals surface area contributed by atoms with Gasteiger partial charge in [0.15, 0.2) is 0 Å². The van der Waals surface area contributed by atoms with E-state index in [4.69, 9.17) is 5.84 Å². The molecule has 0 aliphatic heterocycles. The molecule has 21 heavy (non-hydrogen) atoms. The number of thioether (sulfide) groups is 1. The van der Waals surface area contributed by atoms with Gasteiger partial charge in [-0.15, -0.1) is 10.2 Å². The van der Waals surface area contributed by atoms with Crippen LogP contribution in [-0.4, -0.2) is 26.0 Å². The van der Waals surface area contributed by atoms with Crippen molar-refractivity contribution in [1.29, 1.82) is 0 Å². The first kappa shape index (κ1) is 15.4. The molecule has 0 fully saturated rings. The summed E-state index contributed by atoms with van der Waals surface area (Å²) in [5.41, 5.74) is 3.05. The summed E-state index contributed by atoms with van der Waals surface area (Å²) in [5, 5.41) is 11.0. The van der Waals surface area contributed by atoms with Crippen LogP contribution in [-0.2, 0) is 4.79 Å². The topological polar surface area (TPSA) is 85.8 Å². The average molecular weight is 305 g/mol. The number of hydrogen-bond donors (Lipinski definition) is 2. The monoisotopic (exact) mass is 305 g/mol. The zero-order valence-corrected chi connectivity index (χ0v) is 13.4. The third-order valence-corrected chi connectivity index (χ3v) is 4.41. The van der Waals surface area contributed by atoms with E-state index in [9.17, 15) is 4.79 Å². The maximum Gasteiger partial charge on any atom is 0.237 e. The first-order valence-corrected chi connectivity index (χ1v) is 7.49. The molecule has 0 unspecified atom stereocenters. The second kappa shape index (κ2) is 6.17. The van der Waals surface area contributed by atoms with Crippen molar-refractivity contribution in [2.45, 2.75) is 38.1 Å². The Morgan fingerprint density at radius 2 is 2.05 bits per heavy atom. The molecule has 6 nitrogen and oxygen atoms in total. The lowest BCUT2D eigenvalue weighted by molar-refractivity contribution is -0.115. The van der Waals surface area contributed by atoms with Crippen molar-refractivity contribution < 1.29 is 4.79 Å². The van der Waals surface area contributed by atoms with Crippen molar-refractivity contribution in [3.63, 3.8) is 0 Å².